The van der Waals surface area contributed by atoms with Crippen molar-refractivity contribution in [1.29, 1.82) is 0 Å². The molecule has 1 unspecified atom stereocenters. The molecule has 1 fully saturated rings. The number of alkyl halides is 3. The van der Waals surface area contributed by atoms with E-state index in [0.29, 0.717) is 22.4 Å². The summed E-state index contributed by atoms with van der Waals surface area (Å²) in [4.78, 5) is 27.9. The van der Waals surface area contributed by atoms with E-state index in [1.807, 2.05) is 44.2 Å². The number of anilines is 1. The molecule has 4 aromatic rings. The van der Waals surface area contributed by atoms with Crippen LogP contribution >= 0.6 is 11.8 Å². The number of hydrogen-bond acceptors (Lipinski definition) is 5. The first-order valence-corrected chi connectivity index (χ1v) is 14.5. The molecule has 1 atom stereocenters. The van der Waals surface area contributed by atoms with Crippen LogP contribution in [0.4, 0.5) is 23.7 Å². The molecule has 43 heavy (non-hydrogen) atoms. The van der Waals surface area contributed by atoms with Gasteiger partial charge >= 0.3 is 12.4 Å². The molecule has 5 rings (SSSR count). The molecule has 3 aromatic carbocycles. The van der Waals surface area contributed by atoms with Crippen LogP contribution in [-0.2, 0) is 0 Å². The molecule has 1 aromatic heterocycles. The quantitative estimate of drug-likeness (QED) is 0.209. The van der Waals surface area contributed by atoms with Crippen molar-refractivity contribution in [3.05, 3.63) is 89.7 Å². The highest BCUT2D eigenvalue weighted by Crippen LogP contribution is 2.31. The van der Waals surface area contributed by atoms with Gasteiger partial charge in [-0.2, -0.15) is 4.99 Å². The van der Waals surface area contributed by atoms with Crippen molar-refractivity contribution in [3.8, 4) is 22.8 Å². The number of aromatic nitrogens is 3. The van der Waals surface area contributed by atoms with Crippen molar-refractivity contribution >= 4 is 34.4 Å². The second-order valence-corrected chi connectivity index (χ2v) is 11.1. The fraction of sp³-hybridized carbons (Fsp3) is 0.258. The number of carbonyl (C=O) groups is 1. The summed E-state index contributed by atoms with van der Waals surface area (Å²) in [6, 6.07) is 18.6. The third-order valence-electron chi connectivity index (χ3n) is 7.07. The zero-order valence-electron chi connectivity index (χ0n) is 24.0. The number of rotatable bonds is 6. The zero-order valence-corrected chi connectivity index (χ0v) is 24.8. The topological polar surface area (TPSA) is 85.0 Å². The first-order chi connectivity index (χ1) is 20.5. The van der Waals surface area contributed by atoms with E-state index in [0.717, 1.165) is 40.2 Å². The molecular formula is C31H29F3N6O2S. The van der Waals surface area contributed by atoms with Crippen LogP contribution in [0.25, 0.3) is 17.1 Å². The summed E-state index contributed by atoms with van der Waals surface area (Å²) >= 11 is 1.55. The van der Waals surface area contributed by atoms with Gasteiger partial charge in [-0.25, -0.2) is 19.5 Å². The molecule has 222 valence electrons. The maximum Gasteiger partial charge on any atom is 0.573 e. The van der Waals surface area contributed by atoms with Gasteiger partial charge in [0.2, 0.25) is 0 Å². The van der Waals surface area contributed by atoms with Crippen molar-refractivity contribution < 1.29 is 22.7 Å². The predicted octanol–water partition coefficient (Wildman–Crippen LogP) is 7.74. The smallest absolute Gasteiger partial charge is 0.406 e. The Morgan fingerprint density at radius 1 is 1.02 bits per heavy atom. The third-order valence-corrected chi connectivity index (χ3v) is 8.03. The molecule has 0 aliphatic carbocycles. The van der Waals surface area contributed by atoms with Crippen molar-refractivity contribution in [2.75, 3.05) is 17.2 Å². The van der Waals surface area contributed by atoms with E-state index < -0.39 is 12.4 Å². The number of para-hydroxylation sites is 1. The molecule has 1 aliphatic heterocycles. The molecule has 0 spiro atoms. The van der Waals surface area contributed by atoms with E-state index in [9.17, 15) is 18.0 Å². The lowest BCUT2D eigenvalue weighted by atomic mass is 9.96. The summed E-state index contributed by atoms with van der Waals surface area (Å²) in [5.41, 5.74) is 6.24. The number of urea groups is 1. The monoisotopic (exact) mass is 606 g/mol. The average Bonchev–Trinajstić information content (AvgIpc) is 3.63. The summed E-state index contributed by atoms with van der Waals surface area (Å²) in [6.45, 7) is 8.68. The SMILES string of the molecule is CC(=NC(=O)N=C1SCCN1c1c(C)cccc1C)C(C)c1ccc(-c2ncn(-c3ccc(OC(F)(F)F)cc3)n2)cc1. The third kappa shape index (κ3) is 7.14. The summed E-state index contributed by atoms with van der Waals surface area (Å²) in [5, 5.41) is 5.11. The van der Waals surface area contributed by atoms with Gasteiger partial charge in [0.25, 0.3) is 0 Å². The predicted molar refractivity (Wildman–Crippen MR) is 164 cm³/mol. The molecule has 0 bridgehead atoms. The molecule has 0 radical (unpaired) electrons. The molecule has 0 saturated carbocycles. The van der Waals surface area contributed by atoms with Gasteiger partial charge in [-0.3, -0.25) is 0 Å². The van der Waals surface area contributed by atoms with Gasteiger partial charge in [0.05, 0.1) is 5.69 Å². The Kier molecular flexibility index (Phi) is 8.67. The van der Waals surface area contributed by atoms with Crippen LogP contribution in [0.1, 0.15) is 36.5 Å². The first kappa shape index (κ1) is 30.0. The van der Waals surface area contributed by atoms with E-state index in [2.05, 4.69) is 55.7 Å². The maximum atomic E-state index is 12.8. The van der Waals surface area contributed by atoms with Crippen molar-refractivity contribution in [2.24, 2.45) is 9.98 Å². The zero-order chi connectivity index (χ0) is 30.7. The Hall–Kier alpha value is -4.45. The summed E-state index contributed by atoms with van der Waals surface area (Å²) < 4.78 is 42.6. The van der Waals surface area contributed by atoms with Crippen LogP contribution in [-0.4, -0.2) is 50.3 Å². The number of hydrogen-bond donors (Lipinski definition) is 0. The summed E-state index contributed by atoms with van der Waals surface area (Å²) in [6.07, 6.45) is -3.27. The Labute approximate surface area is 251 Å². The standard InChI is InChI=1S/C31H29F3N6O2S/c1-19-6-5-7-20(2)27(19)39-16-17-43-30(39)37-29(41)36-22(4)21(3)23-8-10-24(11-9-23)28-35-18-40(38-28)25-12-14-26(15-13-25)42-31(32,33)34/h5-15,18,21H,16-17H2,1-4H3. The van der Waals surface area contributed by atoms with Crippen LogP contribution in [0.3, 0.4) is 0 Å². The molecule has 1 aliphatic rings. The van der Waals surface area contributed by atoms with Crippen LogP contribution in [0.2, 0.25) is 0 Å². The van der Waals surface area contributed by atoms with Crippen molar-refractivity contribution in [2.45, 2.75) is 40.0 Å². The van der Waals surface area contributed by atoms with Gasteiger partial charge in [0, 0.05) is 35.2 Å². The number of ether oxygens (including phenoxy) is 1. The van der Waals surface area contributed by atoms with Gasteiger partial charge in [0.15, 0.2) is 11.0 Å². The Morgan fingerprint density at radius 2 is 1.70 bits per heavy atom. The highest BCUT2D eigenvalue weighted by Gasteiger charge is 2.31. The van der Waals surface area contributed by atoms with Crippen molar-refractivity contribution in [3.63, 3.8) is 0 Å². The Morgan fingerprint density at radius 3 is 2.35 bits per heavy atom. The number of carbonyl (C=O) groups excluding carboxylic acids is 1. The van der Waals surface area contributed by atoms with E-state index in [1.165, 1.54) is 35.3 Å². The highest BCUT2D eigenvalue weighted by atomic mass is 32.2. The van der Waals surface area contributed by atoms with Crippen LogP contribution in [0, 0.1) is 13.8 Å². The lowest BCUT2D eigenvalue weighted by Gasteiger charge is -2.22. The normalized spacial score (nSPS) is 15.7. The van der Waals surface area contributed by atoms with Crippen molar-refractivity contribution in [1.82, 2.24) is 14.8 Å². The van der Waals surface area contributed by atoms with E-state index in [4.69, 9.17) is 0 Å². The average molecular weight is 607 g/mol. The minimum absolute atomic E-state index is 0.132. The molecule has 2 amide bonds. The minimum atomic E-state index is -4.75. The summed E-state index contributed by atoms with van der Waals surface area (Å²) in [7, 11) is 0. The van der Waals surface area contributed by atoms with Crippen LogP contribution in [0.5, 0.6) is 5.75 Å². The van der Waals surface area contributed by atoms with E-state index in [1.54, 1.807) is 11.8 Å². The second kappa shape index (κ2) is 12.4. The minimum Gasteiger partial charge on any atom is -0.406 e. The Balaban J connectivity index is 1.26. The number of nitrogens with zero attached hydrogens (tertiary/aromatic N) is 6. The van der Waals surface area contributed by atoms with Crippen LogP contribution < -0.4 is 9.64 Å². The van der Waals surface area contributed by atoms with Gasteiger partial charge in [-0.05, 0) is 61.7 Å². The highest BCUT2D eigenvalue weighted by molar-refractivity contribution is 8.14. The molecular weight excluding hydrogens is 577 g/mol. The molecule has 8 nitrogen and oxygen atoms in total. The number of amides is 2. The number of aryl methyl sites for hydroxylation is 2. The maximum absolute atomic E-state index is 12.8. The van der Waals surface area contributed by atoms with E-state index >= 15 is 0 Å². The van der Waals surface area contributed by atoms with Crippen LogP contribution in [0.15, 0.2) is 83.0 Å². The Bertz CT molecular complexity index is 1660. The fourth-order valence-electron chi connectivity index (χ4n) is 4.77. The number of halogens is 3. The molecule has 2 heterocycles. The summed E-state index contributed by atoms with van der Waals surface area (Å²) in [5.74, 6) is 0.855. The number of aliphatic imine (C=N–C) groups is 2. The van der Waals surface area contributed by atoms with Gasteiger partial charge in [-0.15, -0.1) is 18.3 Å². The second-order valence-electron chi connectivity index (χ2n) is 10.1. The number of amidine groups is 1. The molecule has 1 saturated heterocycles. The van der Waals surface area contributed by atoms with Gasteiger partial charge < -0.3 is 9.64 Å². The van der Waals surface area contributed by atoms with Gasteiger partial charge in [-0.1, -0.05) is 61.2 Å². The lowest BCUT2D eigenvalue weighted by molar-refractivity contribution is -0.274. The number of thioether (sulfide) groups is 1. The lowest BCUT2D eigenvalue weighted by Crippen LogP contribution is -2.26. The fourth-order valence-corrected chi connectivity index (χ4v) is 5.71. The largest absolute Gasteiger partial charge is 0.573 e. The van der Waals surface area contributed by atoms with E-state index in [-0.39, 0.29) is 11.7 Å². The first-order valence-electron chi connectivity index (χ1n) is 13.5. The number of benzene rings is 3. The molecule has 0 N–H and O–H groups in total. The molecule has 12 heteroatoms. The van der Waals surface area contributed by atoms with Gasteiger partial charge in [0.1, 0.15) is 12.1 Å².